The lowest BCUT2D eigenvalue weighted by atomic mass is 9.87. The molecule has 2 fully saturated rings. The molecule has 51 heavy (non-hydrogen) atoms. The molecule has 2 aliphatic carbocycles. The van der Waals surface area contributed by atoms with Gasteiger partial charge in [0.05, 0.1) is 12.1 Å². The number of nitrogens with zero attached hydrogens (tertiary/aromatic N) is 1. The van der Waals surface area contributed by atoms with Crippen molar-refractivity contribution in [2.45, 2.75) is 98.3 Å². The minimum atomic E-state index is -1.05. The number of nitrogens with one attached hydrogen (secondary N) is 5. The summed E-state index contributed by atoms with van der Waals surface area (Å²) in [5, 5.41) is 13.8. The minimum Gasteiger partial charge on any atom is -0.447 e. The Morgan fingerprint density at radius 1 is 1.00 bits per heavy atom. The number of rotatable bonds is 15. The summed E-state index contributed by atoms with van der Waals surface area (Å²) in [6.07, 6.45) is 2.80. The quantitative estimate of drug-likeness (QED) is 0.138. The molecule has 280 valence electrons. The van der Waals surface area contributed by atoms with E-state index in [1.165, 1.54) is 6.08 Å². The van der Waals surface area contributed by atoms with Crippen molar-refractivity contribution in [2.75, 3.05) is 26.2 Å². The van der Waals surface area contributed by atoms with E-state index in [2.05, 4.69) is 47.0 Å². The second-order valence-electron chi connectivity index (χ2n) is 15.7. The largest absolute Gasteiger partial charge is 0.447 e. The van der Waals surface area contributed by atoms with E-state index in [9.17, 15) is 28.8 Å². The number of likely N-dealkylation sites (tertiary alicyclic amines) is 1. The SMILES string of the molecule is C=CCNC(=O)C(=O)C(CCC)NC(=O)[C@@H]1[C@@H]2[C@H](CN1C(=O)[C@@H](NC(=O)N[C@H](COC(=O)NCC)C(C)(C)C)C1Cc3ccccc3C1)C2(C)C. The summed E-state index contributed by atoms with van der Waals surface area (Å²) >= 11 is 0. The number of ether oxygens (including phenoxy) is 1. The Hall–Kier alpha value is -4.42. The Morgan fingerprint density at radius 3 is 2.22 bits per heavy atom. The molecule has 13 nitrogen and oxygen atoms in total. The van der Waals surface area contributed by atoms with Crippen LogP contribution in [0.1, 0.15) is 72.4 Å². The van der Waals surface area contributed by atoms with E-state index in [-0.39, 0.29) is 48.6 Å². The van der Waals surface area contributed by atoms with Crippen LogP contribution in [0.4, 0.5) is 9.59 Å². The number of Topliss-reactive ketones (excluding diaryl/α,β-unsaturated/α-hetero) is 1. The number of carbonyl (C=O) groups is 6. The molecular formula is C38H56N6O7. The van der Waals surface area contributed by atoms with Gasteiger partial charge in [0.1, 0.15) is 18.7 Å². The lowest BCUT2D eigenvalue weighted by Crippen LogP contribution is -2.61. The van der Waals surface area contributed by atoms with Crippen LogP contribution < -0.4 is 26.6 Å². The summed E-state index contributed by atoms with van der Waals surface area (Å²) in [5.41, 5.74) is 1.49. The van der Waals surface area contributed by atoms with Crippen LogP contribution in [0, 0.1) is 28.6 Å². The summed E-state index contributed by atoms with van der Waals surface area (Å²) in [5.74, 6) is -2.80. The Kier molecular flexibility index (Phi) is 12.6. The van der Waals surface area contributed by atoms with E-state index in [0.717, 1.165) is 11.1 Å². The van der Waals surface area contributed by atoms with Crippen LogP contribution in [-0.2, 0) is 36.8 Å². The summed E-state index contributed by atoms with van der Waals surface area (Å²) in [6, 6.07) is 3.86. The monoisotopic (exact) mass is 708 g/mol. The third-order valence-electron chi connectivity index (χ3n) is 10.8. The molecule has 0 spiro atoms. The molecule has 0 bridgehead atoms. The van der Waals surface area contributed by atoms with Gasteiger partial charge in [-0.05, 0) is 65.9 Å². The molecule has 5 N–H and O–H groups in total. The van der Waals surface area contributed by atoms with Crippen LogP contribution >= 0.6 is 0 Å². The van der Waals surface area contributed by atoms with Crippen LogP contribution in [0.3, 0.4) is 0 Å². The zero-order chi connectivity index (χ0) is 37.7. The van der Waals surface area contributed by atoms with Gasteiger partial charge in [-0.1, -0.05) is 78.3 Å². The number of urea groups is 1. The van der Waals surface area contributed by atoms with E-state index in [1.54, 1.807) is 11.8 Å². The van der Waals surface area contributed by atoms with Gasteiger partial charge in [0.25, 0.3) is 5.91 Å². The van der Waals surface area contributed by atoms with E-state index < -0.39 is 59.3 Å². The lowest BCUT2D eigenvalue weighted by molar-refractivity contribution is -0.144. The van der Waals surface area contributed by atoms with Crippen LogP contribution in [0.2, 0.25) is 0 Å². The molecule has 1 aromatic carbocycles. The molecule has 0 radical (unpaired) electrons. The molecule has 4 rings (SSSR count). The zero-order valence-corrected chi connectivity index (χ0v) is 31.1. The maximum Gasteiger partial charge on any atom is 0.407 e. The number of fused-ring (bicyclic) bond motifs is 2. The average molecular weight is 709 g/mol. The fraction of sp³-hybridized carbons (Fsp3) is 0.632. The predicted molar refractivity (Wildman–Crippen MR) is 192 cm³/mol. The van der Waals surface area contributed by atoms with Crippen LogP contribution in [0.25, 0.3) is 0 Å². The van der Waals surface area contributed by atoms with Crippen molar-refractivity contribution < 1.29 is 33.5 Å². The summed E-state index contributed by atoms with van der Waals surface area (Å²) in [4.78, 5) is 81.9. The summed E-state index contributed by atoms with van der Waals surface area (Å²) in [6.45, 7) is 17.8. The van der Waals surface area contributed by atoms with Gasteiger partial charge < -0.3 is 36.2 Å². The topological polar surface area (TPSA) is 175 Å². The number of ketones is 1. The minimum absolute atomic E-state index is 0.0559. The smallest absolute Gasteiger partial charge is 0.407 e. The Bertz CT molecular complexity index is 1480. The highest BCUT2D eigenvalue weighted by Gasteiger charge is 2.69. The zero-order valence-electron chi connectivity index (χ0n) is 31.1. The maximum atomic E-state index is 14.7. The molecular weight excluding hydrogens is 652 g/mol. The molecule has 1 saturated carbocycles. The van der Waals surface area contributed by atoms with Gasteiger partial charge in [0.15, 0.2) is 0 Å². The fourth-order valence-corrected chi connectivity index (χ4v) is 7.63. The van der Waals surface area contributed by atoms with Crippen LogP contribution in [0.5, 0.6) is 0 Å². The number of piperidine rings is 1. The van der Waals surface area contributed by atoms with Gasteiger partial charge in [-0.25, -0.2) is 9.59 Å². The molecule has 1 unspecified atom stereocenters. The van der Waals surface area contributed by atoms with Crippen molar-refractivity contribution in [2.24, 2.45) is 28.6 Å². The first-order valence-corrected chi connectivity index (χ1v) is 18.1. The molecule has 1 aliphatic heterocycles. The third-order valence-corrected chi connectivity index (χ3v) is 10.8. The van der Waals surface area contributed by atoms with Crippen molar-refractivity contribution in [1.29, 1.82) is 0 Å². The van der Waals surface area contributed by atoms with Crippen molar-refractivity contribution in [3.63, 3.8) is 0 Å². The summed E-state index contributed by atoms with van der Waals surface area (Å²) in [7, 11) is 0. The van der Waals surface area contributed by atoms with Crippen LogP contribution in [-0.4, -0.2) is 90.9 Å². The lowest BCUT2D eigenvalue weighted by Gasteiger charge is -2.36. The molecule has 1 heterocycles. The van der Waals surface area contributed by atoms with Crippen LogP contribution in [0.15, 0.2) is 36.9 Å². The normalized spacial score (nSPS) is 21.9. The second kappa shape index (κ2) is 16.3. The third kappa shape index (κ3) is 9.09. The maximum absolute atomic E-state index is 14.7. The first-order chi connectivity index (χ1) is 24.0. The Balaban J connectivity index is 1.59. The Labute approximate surface area is 301 Å². The first kappa shape index (κ1) is 39.4. The Morgan fingerprint density at radius 2 is 1.65 bits per heavy atom. The van der Waals surface area contributed by atoms with Gasteiger partial charge in [-0.15, -0.1) is 6.58 Å². The van der Waals surface area contributed by atoms with E-state index >= 15 is 0 Å². The van der Waals surface area contributed by atoms with Gasteiger partial charge >= 0.3 is 12.1 Å². The molecule has 1 saturated heterocycles. The number of hydrogen-bond donors (Lipinski definition) is 5. The first-order valence-electron chi connectivity index (χ1n) is 18.1. The van der Waals surface area contributed by atoms with Crippen molar-refractivity contribution >= 4 is 35.6 Å². The average Bonchev–Trinajstić information content (AvgIpc) is 3.43. The van der Waals surface area contributed by atoms with E-state index in [4.69, 9.17) is 4.74 Å². The molecule has 13 heteroatoms. The van der Waals surface area contributed by atoms with Gasteiger partial charge in [-0.2, -0.15) is 0 Å². The molecule has 6 atom stereocenters. The van der Waals surface area contributed by atoms with Crippen molar-refractivity contribution in [3.05, 3.63) is 48.0 Å². The highest BCUT2D eigenvalue weighted by molar-refractivity contribution is 6.38. The molecule has 6 amide bonds. The number of amides is 6. The molecule has 3 aliphatic rings. The molecule has 1 aromatic rings. The van der Waals surface area contributed by atoms with Gasteiger partial charge in [-0.3, -0.25) is 19.2 Å². The summed E-state index contributed by atoms with van der Waals surface area (Å²) < 4.78 is 5.36. The predicted octanol–water partition coefficient (Wildman–Crippen LogP) is 2.87. The molecule has 0 aromatic heterocycles. The number of alkyl carbamates (subject to hydrolysis) is 1. The van der Waals surface area contributed by atoms with E-state index in [1.807, 2.05) is 52.0 Å². The van der Waals surface area contributed by atoms with Crippen molar-refractivity contribution in [1.82, 2.24) is 31.5 Å². The highest BCUT2D eigenvalue weighted by atomic mass is 16.5. The van der Waals surface area contributed by atoms with Crippen molar-refractivity contribution in [3.8, 4) is 0 Å². The number of carbonyl (C=O) groups excluding carboxylic acids is 6. The van der Waals surface area contributed by atoms with Gasteiger partial charge in [0.2, 0.25) is 17.6 Å². The second-order valence-corrected chi connectivity index (χ2v) is 15.7. The fourth-order valence-electron chi connectivity index (χ4n) is 7.63. The number of benzene rings is 1. The standard InChI is InChI=1S/C38H56N6O7/c1-9-14-26(31(45)33(47)40-17-10-2)41-32(46)30-28-25(38(28,7)8)20-44(30)34(48)29(24-18-22-15-12-13-16-23(22)19-24)43-35(49)42-27(37(4,5)6)21-51-36(50)39-11-3/h10,12-13,15-16,24-30H,2,9,11,14,17-21H2,1,3-8H3,(H,39,50)(H,40,47)(H,41,46)(H2,42,43,49)/t25-,26?,27+,28-,29-,30-/m0/s1. The van der Waals surface area contributed by atoms with Gasteiger partial charge in [0, 0.05) is 19.6 Å². The highest BCUT2D eigenvalue weighted by Crippen LogP contribution is 2.65. The number of hydrogen-bond acceptors (Lipinski definition) is 7. The van der Waals surface area contributed by atoms with E-state index in [0.29, 0.717) is 32.4 Å².